The van der Waals surface area contributed by atoms with E-state index >= 15 is 0 Å². The van der Waals surface area contributed by atoms with Gasteiger partial charge in [-0.05, 0) is 32.2 Å². The summed E-state index contributed by atoms with van der Waals surface area (Å²) in [5.74, 6) is 1.25. The predicted octanol–water partition coefficient (Wildman–Crippen LogP) is 1.38. The lowest BCUT2D eigenvalue weighted by Crippen LogP contribution is -2.43. The van der Waals surface area contributed by atoms with E-state index in [1.807, 2.05) is 6.20 Å². The minimum Gasteiger partial charge on any atom is -0.348 e. The molecule has 5 nitrogen and oxygen atoms in total. The van der Waals surface area contributed by atoms with Crippen LogP contribution in [0.2, 0.25) is 0 Å². The van der Waals surface area contributed by atoms with Gasteiger partial charge in [-0.3, -0.25) is 9.69 Å². The number of aromatic amines is 1. The van der Waals surface area contributed by atoms with Crippen molar-refractivity contribution in [2.45, 2.75) is 51.2 Å². The second-order valence-electron chi connectivity index (χ2n) is 5.70. The van der Waals surface area contributed by atoms with Gasteiger partial charge in [-0.15, -0.1) is 0 Å². The molecule has 0 aromatic carbocycles. The molecule has 5 heteroatoms. The van der Waals surface area contributed by atoms with Crippen molar-refractivity contribution < 1.29 is 4.79 Å². The molecule has 1 N–H and O–H groups in total. The van der Waals surface area contributed by atoms with Crippen LogP contribution in [0, 0.1) is 0 Å². The molecule has 1 aromatic heterocycles. The Hall–Kier alpha value is -1.36. The van der Waals surface area contributed by atoms with Crippen LogP contribution in [0.1, 0.15) is 38.4 Å². The first-order valence-electron chi connectivity index (χ1n) is 7.23. The molecule has 0 radical (unpaired) electrons. The molecular formula is C14H22N4O. The van der Waals surface area contributed by atoms with Crippen molar-refractivity contribution in [3.63, 3.8) is 0 Å². The van der Waals surface area contributed by atoms with E-state index in [4.69, 9.17) is 0 Å². The fourth-order valence-corrected chi connectivity index (χ4v) is 3.03. The molecule has 1 aliphatic carbocycles. The SMILES string of the molecule is CC(=O)N(C[C@H]1CCCN1Cc1ncc[nH]1)C1CC1. The van der Waals surface area contributed by atoms with E-state index in [2.05, 4.69) is 19.8 Å². The van der Waals surface area contributed by atoms with Gasteiger partial charge in [0.1, 0.15) is 5.82 Å². The third-order valence-electron chi connectivity index (χ3n) is 4.21. The van der Waals surface area contributed by atoms with E-state index < -0.39 is 0 Å². The van der Waals surface area contributed by atoms with E-state index in [-0.39, 0.29) is 5.91 Å². The Kier molecular flexibility index (Phi) is 3.55. The van der Waals surface area contributed by atoms with Gasteiger partial charge in [0.25, 0.3) is 0 Å². The summed E-state index contributed by atoms with van der Waals surface area (Å²) in [6, 6.07) is 1.01. The lowest BCUT2D eigenvalue weighted by molar-refractivity contribution is -0.130. The van der Waals surface area contributed by atoms with Crippen molar-refractivity contribution >= 4 is 5.91 Å². The maximum absolute atomic E-state index is 11.7. The van der Waals surface area contributed by atoms with Crippen LogP contribution in [-0.4, -0.2) is 50.8 Å². The second kappa shape index (κ2) is 5.33. The Bertz CT molecular complexity index is 427. The fraction of sp³-hybridized carbons (Fsp3) is 0.714. The van der Waals surface area contributed by atoms with Crippen molar-refractivity contribution in [1.82, 2.24) is 19.8 Å². The van der Waals surface area contributed by atoms with Gasteiger partial charge in [0.2, 0.25) is 5.91 Å². The minimum absolute atomic E-state index is 0.229. The molecule has 104 valence electrons. The molecule has 1 atom stereocenters. The molecule has 0 bridgehead atoms. The molecule has 1 amide bonds. The number of rotatable bonds is 5. The van der Waals surface area contributed by atoms with Gasteiger partial charge in [0, 0.05) is 37.9 Å². The van der Waals surface area contributed by atoms with Crippen LogP contribution in [0.5, 0.6) is 0 Å². The zero-order chi connectivity index (χ0) is 13.2. The first-order chi connectivity index (χ1) is 9.24. The second-order valence-corrected chi connectivity index (χ2v) is 5.70. The van der Waals surface area contributed by atoms with Crippen LogP contribution in [0.25, 0.3) is 0 Å². The molecule has 0 unspecified atom stereocenters. The Morgan fingerprint density at radius 1 is 1.53 bits per heavy atom. The largest absolute Gasteiger partial charge is 0.348 e. The Morgan fingerprint density at radius 3 is 3.00 bits per heavy atom. The number of H-pyrrole nitrogens is 1. The summed E-state index contributed by atoms with van der Waals surface area (Å²) in [5, 5.41) is 0. The number of imidazole rings is 1. The van der Waals surface area contributed by atoms with Gasteiger partial charge in [-0.2, -0.15) is 0 Å². The Morgan fingerprint density at radius 2 is 2.37 bits per heavy atom. The summed E-state index contributed by atoms with van der Waals surface area (Å²) in [7, 11) is 0. The highest BCUT2D eigenvalue weighted by Gasteiger charge is 2.35. The molecular weight excluding hydrogens is 240 g/mol. The predicted molar refractivity (Wildman–Crippen MR) is 72.4 cm³/mol. The number of carbonyl (C=O) groups is 1. The molecule has 1 aromatic rings. The van der Waals surface area contributed by atoms with Gasteiger partial charge < -0.3 is 9.88 Å². The van der Waals surface area contributed by atoms with Gasteiger partial charge >= 0.3 is 0 Å². The van der Waals surface area contributed by atoms with E-state index in [1.54, 1.807) is 13.1 Å². The van der Waals surface area contributed by atoms with E-state index in [1.165, 1.54) is 25.7 Å². The van der Waals surface area contributed by atoms with Crippen molar-refractivity contribution in [3.8, 4) is 0 Å². The molecule has 1 saturated carbocycles. The quantitative estimate of drug-likeness (QED) is 0.872. The highest BCUT2D eigenvalue weighted by Crippen LogP contribution is 2.29. The first kappa shape index (κ1) is 12.7. The molecule has 19 heavy (non-hydrogen) atoms. The topological polar surface area (TPSA) is 52.2 Å². The maximum Gasteiger partial charge on any atom is 0.219 e. The third-order valence-corrected chi connectivity index (χ3v) is 4.21. The number of nitrogens with one attached hydrogen (secondary N) is 1. The van der Waals surface area contributed by atoms with E-state index in [9.17, 15) is 4.79 Å². The number of likely N-dealkylation sites (tertiary alicyclic amines) is 1. The lowest BCUT2D eigenvalue weighted by Gasteiger charge is -2.30. The van der Waals surface area contributed by atoms with Crippen molar-refractivity contribution in [1.29, 1.82) is 0 Å². The monoisotopic (exact) mass is 262 g/mol. The molecule has 2 heterocycles. The van der Waals surface area contributed by atoms with Gasteiger partial charge in [0.15, 0.2) is 0 Å². The minimum atomic E-state index is 0.229. The summed E-state index contributed by atoms with van der Waals surface area (Å²) in [5.41, 5.74) is 0. The van der Waals surface area contributed by atoms with Crippen LogP contribution in [0.4, 0.5) is 0 Å². The maximum atomic E-state index is 11.7. The van der Waals surface area contributed by atoms with E-state index in [0.29, 0.717) is 12.1 Å². The highest BCUT2D eigenvalue weighted by atomic mass is 16.2. The normalized spacial score (nSPS) is 23.7. The van der Waals surface area contributed by atoms with Crippen LogP contribution >= 0.6 is 0 Å². The molecule has 2 fully saturated rings. The number of carbonyl (C=O) groups excluding carboxylic acids is 1. The van der Waals surface area contributed by atoms with Crippen LogP contribution in [-0.2, 0) is 11.3 Å². The Labute approximate surface area is 114 Å². The average Bonchev–Trinajstić information content (AvgIpc) is 2.91. The zero-order valence-corrected chi connectivity index (χ0v) is 11.5. The lowest BCUT2D eigenvalue weighted by atomic mass is 10.2. The summed E-state index contributed by atoms with van der Waals surface area (Å²) < 4.78 is 0. The number of hydrogen-bond donors (Lipinski definition) is 1. The highest BCUT2D eigenvalue weighted by molar-refractivity contribution is 5.74. The standard InChI is InChI=1S/C14H22N4O/c1-11(19)18(12-4-5-12)9-13-3-2-8-17(13)10-14-15-6-7-16-14/h6-7,12-13H,2-5,8-10H2,1H3,(H,15,16)/t13-/m1/s1. The first-order valence-corrected chi connectivity index (χ1v) is 7.23. The van der Waals surface area contributed by atoms with Crippen LogP contribution in [0.15, 0.2) is 12.4 Å². The molecule has 3 rings (SSSR count). The van der Waals surface area contributed by atoms with Crippen molar-refractivity contribution in [2.24, 2.45) is 0 Å². The zero-order valence-electron chi connectivity index (χ0n) is 11.5. The van der Waals surface area contributed by atoms with Crippen molar-refractivity contribution in [2.75, 3.05) is 13.1 Å². The average molecular weight is 262 g/mol. The van der Waals surface area contributed by atoms with Gasteiger partial charge in [0.05, 0.1) is 6.54 Å². The number of nitrogens with zero attached hydrogens (tertiary/aromatic N) is 3. The smallest absolute Gasteiger partial charge is 0.219 e. The van der Waals surface area contributed by atoms with Gasteiger partial charge in [-0.1, -0.05) is 0 Å². The summed E-state index contributed by atoms with van der Waals surface area (Å²) in [6.45, 7) is 4.57. The summed E-state index contributed by atoms with van der Waals surface area (Å²) >= 11 is 0. The summed E-state index contributed by atoms with van der Waals surface area (Å²) in [4.78, 5) is 23.7. The number of aromatic nitrogens is 2. The molecule has 1 saturated heterocycles. The molecule has 1 aliphatic heterocycles. The molecule has 2 aliphatic rings. The van der Waals surface area contributed by atoms with Gasteiger partial charge in [-0.25, -0.2) is 4.98 Å². The third kappa shape index (κ3) is 2.97. The fourth-order valence-electron chi connectivity index (χ4n) is 3.03. The van der Waals surface area contributed by atoms with Crippen molar-refractivity contribution in [3.05, 3.63) is 18.2 Å². The van der Waals surface area contributed by atoms with Crippen LogP contribution in [0.3, 0.4) is 0 Å². The summed E-state index contributed by atoms with van der Waals surface area (Å²) in [6.07, 6.45) is 8.45. The van der Waals surface area contributed by atoms with E-state index in [0.717, 1.165) is 25.5 Å². The number of amides is 1. The Balaban J connectivity index is 1.60. The van der Waals surface area contributed by atoms with Crippen LogP contribution < -0.4 is 0 Å². The number of hydrogen-bond acceptors (Lipinski definition) is 3. The molecule has 0 spiro atoms.